The summed E-state index contributed by atoms with van der Waals surface area (Å²) >= 11 is 1.55. The lowest BCUT2D eigenvalue weighted by Crippen LogP contribution is -2.14. The predicted octanol–water partition coefficient (Wildman–Crippen LogP) is 2.01. The lowest BCUT2D eigenvalue weighted by molar-refractivity contribution is -0.384. The molecule has 104 valence electrons. The number of nitrogens with zero attached hydrogens (tertiary/aromatic N) is 1. The van der Waals surface area contributed by atoms with Crippen molar-refractivity contribution in [3.05, 3.63) is 34.4 Å². The minimum Gasteiger partial charge on any atom is -0.330 e. The van der Waals surface area contributed by atoms with E-state index in [1.807, 2.05) is 0 Å². The zero-order valence-electron chi connectivity index (χ0n) is 10.5. The number of thioether (sulfide) groups is 1. The summed E-state index contributed by atoms with van der Waals surface area (Å²) in [6.45, 7) is 0.676. The van der Waals surface area contributed by atoms with Gasteiger partial charge in [0.15, 0.2) is 0 Å². The number of amides is 1. The molecule has 19 heavy (non-hydrogen) atoms. The Hall–Kier alpha value is -1.60. The van der Waals surface area contributed by atoms with Gasteiger partial charge in [0.05, 0.1) is 10.7 Å². The van der Waals surface area contributed by atoms with Gasteiger partial charge >= 0.3 is 0 Å². The third-order valence-electron chi connectivity index (χ3n) is 2.34. The van der Waals surface area contributed by atoms with Crippen molar-refractivity contribution >= 4 is 29.0 Å². The highest BCUT2D eigenvalue weighted by Gasteiger charge is 2.06. The second-order valence-corrected chi connectivity index (χ2v) is 5.01. The second kappa shape index (κ2) is 8.49. The number of nitrogens with two attached hydrogens (primary N) is 1. The highest BCUT2D eigenvalue weighted by Crippen LogP contribution is 2.15. The van der Waals surface area contributed by atoms with E-state index in [1.165, 1.54) is 24.3 Å². The molecule has 0 radical (unpaired) electrons. The zero-order valence-corrected chi connectivity index (χ0v) is 11.3. The molecule has 0 saturated carbocycles. The van der Waals surface area contributed by atoms with Crippen molar-refractivity contribution in [2.45, 2.75) is 12.8 Å². The molecule has 3 N–H and O–H groups in total. The number of nitro benzene ring substituents is 1. The topological polar surface area (TPSA) is 98.3 Å². The third kappa shape index (κ3) is 6.21. The smallest absolute Gasteiger partial charge is 0.269 e. The number of nitrogens with one attached hydrogen (secondary N) is 1. The fourth-order valence-electron chi connectivity index (χ4n) is 1.38. The van der Waals surface area contributed by atoms with Crippen molar-refractivity contribution in [1.29, 1.82) is 0 Å². The molecular weight excluding hydrogens is 266 g/mol. The molecule has 1 amide bonds. The quantitative estimate of drug-likeness (QED) is 0.432. The average molecular weight is 283 g/mol. The van der Waals surface area contributed by atoms with Gasteiger partial charge in [-0.1, -0.05) is 0 Å². The molecule has 6 nitrogen and oxygen atoms in total. The Labute approximate surface area is 115 Å². The number of carbonyl (C=O) groups is 1. The lowest BCUT2D eigenvalue weighted by Gasteiger charge is -2.04. The number of hydrogen-bond donors (Lipinski definition) is 2. The number of unbranched alkanes of at least 4 members (excludes halogenated alkanes) is 1. The van der Waals surface area contributed by atoms with E-state index < -0.39 is 4.92 Å². The number of non-ortho nitro benzene ring substituents is 1. The first-order valence-corrected chi connectivity index (χ1v) is 7.11. The van der Waals surface area contributed by atoms with Gasteiger partial charge in [-0.2, -0.15) is 11.8 Å². The summed E-state index contributed by atoms with van der Waals surface area (Å²) < 4.78 is 0. The number of hydrogen-bond acceptors (Lipinski definition) is 5. The van der Waals surface area contributed by atoms with Crippen LogP contribution in [0.15, 0.2) is 24.3 Å². The van der Waals surface area contributed by atoms with Gasteiger partial charge in [-0.15, -0.1) is 0 Å². The first-order chi connectivity index (χ1) is 9.13. The van der Waals surface area contributed by atoms with Crippen molar-refractivity contribution in [3.63, 3.8) is 0 Å². The molecular formula is C12H17N3O3S. The molecule has 1 rings (SSSR count). The van der Waals surface area contributed by atoms with Gasteiger partial charge in [0.1, 0.15) is 0 Å². The molecule has 0 heterocycles. The molecule has 1 aromatic carbocycles. The number of carbonyl (C=O) groups excluding carboxylic acids is 1. The van der Waals surface area contributed by atoms with Crippen LogP contribution >= 0.6 is 11.8 Å². The summed E-state index contributed by atoms with van der Waals surface area (Å²) in [7, 11) is 0. The van der Waals surface area contributed by atoms with Crippen LogP contribution in [0.25, 0.3) is 0 Å². The van der Waals surface area contributed by atoms with Crippen molar-refractivity contribution in [2.75, 3.05) is 23.4 Å². The van der Waals surface area contributed by atoms with Crippen LogP contribution in [-0.2, 0) is 4.79 Å². The van der Waals surface area contributed by atoms with Crippen LogP contribution in [0.5, 0.6) is 0 Å². The van der Waals surface area contributed by atoms with Gasteiger partial charge in [-0.3, -0.25) is 14.9 Å². The molecule has 0 fully saturated rings. The van der Waals surface area contributed by atoms with Crippen LogP contribution < -0.4 is 11.1 Å². The summed E-state index contributed by atoms with van der Waals surface area (Å²) in [5.74, 6) is 1.18. The van der Waals surface area contributed by atoms with Crippen LogP contribution in [0.4, 0.5) is 11.4 Å². The van der Waals surface area contributed by atoms with Crippen LogP contribution in [0, 0.1) is 10.1 Å². The van der Waals surface area contributed by atoms with E-state index in [9.17, 15) is 14.9 Å². The molecule has 0 aliphatic rings. The van der Waals surface area contributed by atoms with Crippen LogP contribution in [0.3, 0.4) is 0 Å². The first kappa shape index (κ1) is 15.5. The first-order valence-electron chi connectivity index (χ1n) is 5.95. The van der Waals surface area contributed by atoms with E-state index in [-0.39, 0.29) is 11.6 Å². The van der Waals surface area contributed by atoms with Crippen molar-refractivity contribution < 1.29 is 9.72 Å². The average Bonchev–Trinajstić information content (AvgIpc) is 2.39. The third-order valence-corrected chi connectivity index (χ3v) is 3.38. The fourth-order valence-corrected chi connectivity index (χ4v) is 2.19. The monoisotopic (exact) mass is 283 g/mol. The van der Waals surface area contributed by atoms with E-state index in [0.29, 0.717) is 18.0 Å². The van der Waals surface area contributed by atoms with Crippen molar-refractivity contribution in [1.82, 2.24) is 0 Å². The van der Waals surface area contributed by atoms with Gasteiger partial charge < -0.3 is 11.1 Å². The van der Waals surface area contributed by atoms with E-state index in [4.69, 9.17) is 5.73 Å². The SMILES string of the molecule is NCCCCSCC(=O)Nc1ccc([N+](=O)[O-])cc1. The summed E-state index contributed by atoms with van der Waals surface area (Å²) in [5, 5.41) is 13.2. The van der Waals surface area contributed by atoms with E-state index in [0.717, 1.165) is 18.6 Å². The normalized spacial score (nSPS) is 10.2. The predicted molar refractivity (Wildman–Crippen MR) is 77.3 cm³/mol. The van der Waals surface area contributed by atoms with E-state index >= 15 is 0 Å². The molecule has 0 aliphatic carbocycles. The van der Waals surface area contributed by atoms with Crippen molar-refractivity contribution in [2.24, 2.45) is 5.73 Å². The molecule has 0 saturated heterocycles. The maximum Gasteiger partial charge on any atom is 0.269 e. The highest BCUT2D eigenvalue weighted by atomic mass is 32.2. The Bertz CT molecular complexity index is 423. The largest absolute Gasteiger partial charge is 0.330 e. The minimum atomic E-state index is -0.473. The molecule has 0 unspecified atom stereocenters. The summed E-state index contributed by atoms with van der Waals surface area (Å²) in [6.07, 6.45) is 1.98. The van der Waals surface area contributed by atoms with Crippen LogP contribution in [-0.4, -0.2) is 28.9 Å². The second-order valence-electron chi connectivity index (χ2n) is 3.90. The molecule has 0 spiro atoms. The van der Waals surface area contributed by atoms with Gasteiger partial charge in [-0.05, 0) is 37.3 Å². The minimum absolute atomic E-state index is 0.00848. The summed E-state index contributed by atoms with van der Waals surface area (Å²) in [6, 6.07) is 5.78. The van der Waals surface area contributed by atoms with Gasteiger partial charge in [0, 0.05) is 17.8 Å². The molecule has 0 aliphatic heterocycles. The number of nitro groups is 1. The molecule has 0 bridgehead atoms. The van der Waals surface area contributed by atoms with Gasteiger partial charge in [0.2, 0.25) is 5.91 Å². The molecule has 7 heteroatoms. The van der Waals surface area contributed by atoms with Crippen molar-refractivity contribution in [3.8, 4) is 0 Å². The van der Waals surface area contributed by atoms with Gasteiger partial charge in [-0.25, -0.2) is 0 Å². The summed E-state index contributed by atoms with van der Waals surface area (Å²) in [5.41, 5.74) is 5.95. The van der Waals surface area contributed by atoms with Crippen LogP contribution in [0.1, 0.15) is 12.8 Å². The number of rotatable bonds is 8. The Balaban J connectivity index is 2.30. The maximum atomic E-state index is 11.6. The Morgan fingerprint density at radius 3 is 2.58 bits per heavy atom. The Morgan fingerprint density at radius 2 is 2.00 bits per heavy atom. The maximum absolute atomic E-state index is 11.6. The Kier molecular flexibility index (Phi) is 6.91. The van der Waals surface area contributed by atoms with Crippen LogP contribution in [0.2, 0.25) is 0 Å². The lowest BCUT2D eigenvalue weighted by atomic mass is 10.3. The molecule has 0 atom stereocenters. The summed E-state index contributed by atoms with van der Waals surface area (Å²) in [4.78, 5) is 21.6. The Morgan fingerprint density at radius 1 is 1.32 bits per heavy atom. The molecule has 0 aromatic heterocycles. The number of anilines is 1. The van der Waals surface area contributed by atoms with Gasteiger partial charge in [0.25, 0.3) is 5.69 Å². The molecule has 1 aromatic rings. The fraction of sp³-hybridized carbons (Fsp3) is 0.417. The zero-order chi connectivity index (χ0) is 14.1. The highest BCUT2D eigenvalue weighted by molar-refractivity contribution is 7.99. The van der Waals surface area contributed by atoms with E-state index in [2.05, 4.69) is 5.32 Å². The standard InChI is InChI=1S/C12H17N3O3S/c13-7-1-2-8-19-9-12(16)14-10-3-5-11(6-4-10)15(17)18/h3-6H,1-2,7-9,13H2,(H,14,16). The van der Waals surface area contributed by atoms with E-state index in [1.54, 1.807) is 11.8 Å². The number of benzene rings is 1.